The van der Waals surface area contributed by atoms with Crippen LogP contribution >= 0.6 is 0 Å². The van der Waals surface area contributed by atoms with Crippen LogP contribution in [0.2, 0.25) is 0 Å². The second-order valence-electron chi connectivity index (χ2n) is 4.67. The molecule has 0 saturated heterocycles. The van der Waals surface area contributed by atoms with Crippen molar-refractivity contribution in [2.75, 3.05) is 11.5 Å². The van der Waals surface area contributed by atoms with E-state index in [2.05, 4.69) is 20.3 Å². The van der Waals surface area contributed by atoms with Crippen molar-refractivity contribution >= 4 is 28.7 Å². The molecule has 1 aromatic carbocycles. The lowest BCUT2D eigenvalue weighted by Crippen LogP contribution is -2.03. The van der Waals surface area contributed by atoms with Gasteiger partial charge in [-0.3, -0.25) is 0 Å². The molecule has 22 heavy (non-hydrogen) atoms. The number of nitriles is 1. The monoisotopic (exact) mass is 292 g/mol. The highest BCUT2D eigenvalue weighted by molar-refractivity contribution is 5.77. The average Bonchev–Trinajstić information content (AvgIpc) is 2.84. The van der Waals surface area contributed by atoms with Gasteiger partial charge in [0.25, 0.3) is 0 Å². The van der Waals surface area contributed by atoms with Gasteiger partial charge in [0.2, 0.25) is 0 Å². The Labute approximate surface area is 125 Å². The predicted molar refractivity (Wildman–Crippen MR) is 81.9 cm³/mol. The number of azo groups is 1. The number of benzene rings is 1. The van der Waals surface area contributed by atoms with Gasteiger partial charge in [0.15, 0.2) is 17.2 Å². The lowest BCUT2D eigenvalue weighted by atomic mass is 10.2. The van der Waals surface area contributed by atoms with Crippen LogP contribution in [0.25, 0.3) is 5.65 Å². The number of hydrogen-bond acceptors (Lipinski definition) is 7. The van der Waals surface area contributed by atoms with Crippen molar-refractivity contribution in [2.24, 2.45) is 10.2 Å². The van der Waals surface area contributed by atoms with Crippen LogP contribution < -0.4 is 11.5 Å². The summed E-state index contributed by atoms with van der Waals surface area (Å²) in [4.78, 5) is 4.12. The Hall–Kier alpha value is -3.47. The fourth-order valence-electron chi connectivity index (χ4n) is 1.91. The van der Waals surface area contributed by atoms with E-state index >= 15 is 0 Å². The first-order valence-electron chi connectivity index (χ1n) is 6.41. The quantitative estimate of drug-likeness (QED) is 0.700. The number of aromatic nitrogens is 3. The van der Waals surface area contributed by atoms with Gasteiger partial charge in [0.1, 0.15) is 17.5 Å². The molecular weight excluding hydrogens is 280 g/mol. The normalized spacial score (nSPS) is 11.1. The lowest BCUT2D eigenvalue weighted by molar-refractivity contribution is 0.953. The van der Waals surface area contributed by atoms with E-state index in [-0.39, 0.29) is 17.2 Å². The maximum Gasteiger partial charge on any atom is 0.187 e. The Morgan fingerprint density at radius 3 is 2.59 bits per heavy atom. The van der Waals surface area contributed by atoms with E-state index in [1.165, 1.54) is 10.7 Å². The highest BCUT2D eigenvalue weighted by Gasteiger charge is 2.15. The highest BCUT2D eigenvalue weighted by atomic mass is 15.3. The summed E-state index contributed by atoms with van der Waals surface area (Å²) in [7, 11) is 0. The van der Waals surface area contributed by atoms with Crippen LogP contribution in [0.1, 0.15) is 11.1 Å². The van der Waals surface area contributed by atoms with Gasteiger partial charge < -0.3 is 11.5 Å². The summed E-state index contributed by atoms with van der Waals surface area (Å²) in [5, 5.41) is 21.2. The number of nitrogens with zero attached hydrogens (tertiary/aromatic N) is 6. The van der Waals surface area contributed by atoms with Gasteiger partial charge in [-0.25, -0.2) is 4.98 Å². The molecule has 0 bridgehead atoms. The highest BCUT2D eigenvalue weighted by Crippen LogP contribution is 2.29. The third-order valence-corrected chi connectivity index (χ3v) is 3.10. The predicted octanol–water partition coefficient (Wildman–Crippen LogP) is 2.49. The molecule has 108 valence electrons. The smallest absolute Gasteiger partial charge is 0.187 e. The van der Waals surface area contributed by atoms with E-state index in [0.29, 0.717) is 17.0 Å². The van der Waals surface area contributed by atoms with Crippen molar-refractivity contribution in [1.82, 2.24) is 14.6 Å². The van der Waals surface area contributed by atoms with Crippen LogP contribution in [0.5, 0.6) is 0 Å². The van der Waals surface area contributed by atoms with E-state index in [0.717, 1.165) is 5.56 Å². The zero-order valence-electron chi connectivity index (χ0n) is 11.7. The Kier molecular flexibility index (Phi) is 3.16. The molecule has 0 fully saturated rings. The van der Waals surface area contributed by atoms with Crippen molar-refractivity contribution < 1.29 is 0 Å². The van der Waals surface area contributed by atoms with Gasteiger partial charge in [-0.1, -0.05) is 17.7 Å². The summed E-state index contributed by atoms with van der Waals surface area (Å²) in [5.41, 5.74) is 14.4. The van der Waals surface area contributed by atoms with E-state index in [1.807, 2.05) is 37.3 Å². The van der Waals surface area contributed by atoms with Crippen LogP contribution in [0.15, 0.2) is 40.7 Å². The van der Waals surface area contributed by atoms with Gasteiger partial charge in [-0.2, -0.15) is 14.9 Å². The molecule has 0 radical (unpaired) electrons. The Bertz CT molecular complexity index is 915. The van der Waals surface area contributed by atoms with Gasteiger partial charge in [-0.05, 0) is 19.1 Å². The minimum Gasteiger partial charge on any atom is -0.382 e. The van der Waals surface area contributed by atoms with Crippen LogP contribution in [0.3, 0.4) is 0 Å². The number of aryl methyl sites for hydroxylation is 1. The van der Waals surface area contributed by atoms with Crippen LogP contribution in [0.4, 0.5) is 23.0 Å². The number of hydrogen-bond donors (Lipinski definition) is 2. The first-order valence-corrected chi connectivity index (χ1v) is 6.41. The molecule has 3 rings (SSSR count). The third-order valence-electron chi connectivity index (χ3n) is 3.10. The summed E-state index contributed by atoms with van der Waals surface area (Å²) >= 11 is 0. The Morgan fingerprint density at radius 2 is 1.91 bits per heavy atom. The van der Waals surface area contributed by atoms with Crippen molar-refractivity contribution in [3.8, 4) is 6.07 Å². The molecule has 0 aliphatic rings. The van der Waals surface area contributed by atoms with Crippen molar-refractivity contribution in [3.63, 3.8) is 0 Å². The zero-order chi connectivity index (χ0) is 15.7. The first-order chi connectivity index (χ1) is 10.6. The molecule has 4 N–H and O–H groups in total. The summed E-state index contributed by atoms with van der Waals surface area (Å²) in [5.74, 6) is 0.307. The fraction of sp³-hybridized carbons (Fsp3) is 0.0714. The molecule has 2 aromatic heterocycles. The number of anilines is 2. The van der Waals surface area contributed by atoms with E-state index < -0.39 is 0 Å². The molecule has 0 aliphatic heterocycles. The van der Waals surface area contributed by atoms with Crippen LogP contribution in [-0.2, 0) is 0 Å². The standard InChI is InChI=1S/C14H12N8/c1-8-2-4-10(5-3-8)19-20-11-12(16)21-22-13(17)9(6-15)7-18-14(11)22/h2-5,7H,17H2,1H3,(H2,16,21). The maximum atomic E-state index is 8.94. The van der Waals surface area contributed by atoms with E-state index in [4.69, 9.17) is 16.7 Å². The van der Waals surface area contributed by atoms with E-state index in [9.17, 15) is 0 Å². The van der Waals surface area contributed by atoms with Crippen LogP contribution in [0, 0.1) is 18.3 Å². The molecule has 0 atom stereocenters. The Balaban J connectivity index is 2.08. The molecule has 0 aliphatic carbocycles. The molecule has 3 aromatic rings. The van der Waals surface area contributed by atoms with E-state index in [1.54, 1.807) is 0 Å². The summed E-state index contributed by atoms with van der Waals surface area (Å²) < 4.78 is 1.29. The second kappa shape index (κ2) is 5.14. The number of nitrogen functional groups attached to an aromatic ring is 2. The van der Waals surface area contributed by atoms with Crippen molar-refractivity contribution in [3.05, 3.63) is 41.6 Å². The van der Waals surface area contributed by atoms with Gasteiger partial charge in [-0.15, -0.1) is 10.2 Å². The number of fused-ring (bicyclic) bond motifs is 1. The topological polar surface area (TPSA) is 131 Å². The molecular formula is C14H12N8. The molecule has 0 unspecified atom stereocenters. The van der Waals surface area contributed by atoms with Crippen molar-refractivity contribution in [1.29, 1.82) is 5.26 Å². The molecule has 0 saturated carbocycles. The summed E-state index contributed by atoms with van der Waals surface area (Å²) in [6.45, 7) is 1.99. The third kappa shape index (κ3) is 2.20. The molecule has 0 amide bonds. The zero-order valence-corrected chi connectivity index (χ0v) is 11.7. The van der Waals surface area contributed by atoms with Crippen molar-refractivity contribution in [2.45, 2.75) is 6.92 Å². The number of nitrogens with two attached hydrogens (primary N) is 2. The first kappa shape index (κ1) is 13.5. The van der Waals surface area contributed by atoms with Crippen LogP contribution in [-0.4, -0.2) is 14.6 Å². The molecule has 8 heteroatoms. The molecule has 8 nitrogen and oxygen atoms in total. The lowest BCUT2D eigenvalue weighted by Gasteiger charge is -1.99. The molecule has 0 spiro atoms. The average molecular weight is 292 g/mol. The maximum absolute atomic E-state index is 8.94. The Morgan fingerprint density at radius 1 is 1.18 bits per heavy atom. The minimum absolute atomic E-state index is 0.144. The summed E-state index contributed by atoms with van der Waals surface area (Å²) in [6.07, 6.45) is 1.36. The number of rotatable bonds is 2. The second-order valence-corrected chi connectivity index (χ2v) is 4.67. The van der Waals surface area contributed by atoms with Gasteiger partial charge in [0, 0.05) is 0 Å². The fourth-order valence-corrected chi connectivity index (χ4v) is 1.91. The summed E-state index contributed by atoms with van der Waals surface area (Å²) in [6, 6.07) is 9.49. The minimum atomic E-state index is 0.144. The SMILES string of the molecule is Cc1ccc(N=Nc2c(N)nn3c(N)c(C#N)cnc23)cc1. The van der Waals surface area contributed by atoms with Gasteiger partial charge >= 0.3 is 0 Å². The molecule has 2 heterocycles. The largest absolute Gasteiger partial charge is 0.382 e. The van der Waals surface area contributed by atoms with Gasteiger partial charge in [0.05, 0.1) is 11.9 Å².